The molecule has 2 aromatic carbocycles. The fourth-order valence-corrected chi connectivity index (χ4v) is 2.58. The van der Waals surface area contributed by atoms with E-state index in [2.05, 4.69) is 15.8 Å². The summed E-state index contributed by atoms with van der Waals surface area (Å²) >= 11 is 0. The quantitative estimate of drug-likeness (QED) is 0.632. The predicted octanol–water partition coefficient (Wildman–Crippen LogP) is 3.01. The molecule has 3 N–H and O–H groups in total. The van der Waals surface area contributed by atoms with Crippen LogP contribution in [0.2, 0.25) is 0 Å². The van der Waals surface area contributed by atoms with Gasteiger partial charge in [-0.2, -0.15) is 0 Å². The van der Waals surface area contributed by atoms with Crippen molar-refractivity contribution in [1.82, 2.24) is 15.8 Å². The minimum Gasteiger partial charge on any atom is -0.481 e. The van der Waals surface area contributed by atoms with Gasteiger partial charge < -0.3 is 9.72 Å². The van der Waals surface area contributed by atoms with Crippen molar-refractivity contribution in [2.75, 3.05) is 0 Å². The molecule has 0 saturated heterocycles. The van der Waals surface area contributed by atoms with E-state index in [9.17, 15) is 9.59 Å². The van der Waals surface area contributed by atoms with Crippen molar-refractivity contribution < 1.29 is 14.3 Å². The summed E-state index contributed by atoms with van der Waals surface area (Å²) in [4.78, 5) is 27.4. The summed E-state index contributed by atoms with van der Waals surface area (Å²) in [5, 5.41) is 0.926. The molecule has 6 heteroatoms. The van der Waals surface area contributed by atoms with Crippen LogP contribution in [0.3, 0.4) is 0 Å². The number of nitrogens with one attached hydrogen (secondary N) is 3. The normalized spacial score (nSPS) is 11.8. The molecule has 6 nitrogen and oxygen atoms in total. The van der Waals surface area contributed by atoms with Crippen molar-refractivity contribution in [3.63, 3.8) is 0 Å². The van der Waals surface area contributed by atoms with E-state index in [0.29, 0.717) is 11.4 Å². The number of aromatic nitrogens is 1. The molecule has 0 spiro atoms. The Labute approximate surface area is 151 Å². The molecule has 0 aliphatic rings. The number of para-hydroxylation sites is 1. The zero-order valence-electron chi connectivity index (χ0n) is 14.9. The molecular weight excluding hydrogens is 330 g/mol. The molecule has 0 aliphatic heterocycles. The van der Waals surface area contributed by atoms with Crippen molar-refractivity contribution in [3.05, 3.63) is 65.4 Å². The van der Waals surface area contributed by atoms with E-state index < -0.39 is 17.9 Å². The molecular formula is C20H21N3O3. The lowest BCUT2D eigenvalue weighted by Crippen LogP contribution is -2.47. The number of rotatable bonds is 4. The number of amides is 2. The van der Waals surface area contributed by atoms with E-state index in [1.807, 2.05) is 56.3 Å². The van der Waals surface area contributed by atoms with Gasteiger partial charge in [-0.1, -0.05) is 30.3 Å². The number of fused-ring (bicyclic) bond motifs is 1. The van der Waals surface area contributed by atoms with Crippen LogP contribution in [0, 0.1) is 13.8 Å². The van der Waals surface area contributed by atoms with Crippen LogP contribution in [0.25, 0.3) is 10.9 Å². The molecule has 0 radical (unpaired) electrons. The number of H-pyrrole nitrogens is 1. The standard InChI is InChI=1S/C20H21N3O3/c1-12-7-6-10-18(13(12)2)26-14(3)19(24)22-23-20(25)17-11-15-8-4-5-9-16(15)21-17/h4-11,14,21H,1-3H3,(H,22,24)(H,23,25). The highest BCUT2D eigenvalue weighted by atomic mass is 16.5. The molecule has 0 saturated carbocycles. The minimum absolute atomic E-state index is 0.370. The topological polar surface area (TPSA) is 83.2 Å². The number of hydrazine groups is 1. The van der Waals surface area contributed by atoms with Gasteiger partial charge in [0.15, 0.2) is 6.10 Å². The Hall–Kier alpha value is -3.28. The van der Waals surface area contributed by atoms with Gasteiger partial charge in [0, 0.05) is 10.9 Å². The van der Waals surface area contributed by atoms with Crippen LogP contribution < -0.4 is 15.6 Å². The molecule has 1 atom stereocenters. The Morgan fingerprint density at radius 3 is 2.58 bits per heavy atom. The average Bonchev–Trinajstić information content (AvgIpc) is 3.07. The van der Waals surface area contributed by atoms with Crippen molar-refractivity contribution >= 4 is 22.7 Å². The van der Waals surface area contributed by atoms with Crippen molar-refractivity contribution in [1.29, 1.82) is 0 Å². The number of aryl methyl sites for hydroxylation is 1. The van der Waals surface area contributed by atoms with E-state index in [4.69, 9.17) is 4.74 Å². The zero-order valence-corrected chi connectivity index (χ0v) is 14.9. The van der Waals surface area contributed by atoms with Crippen molar-refractivity contribution in [3.8, 4) is 5.75 Å². The van der Waals surface area contributed by atoms with Crippen molar-refractivity contribution in [2.45, 2.75) is 26.9 Å². The van der Waals surface area contributed by atoms with Gasteiger partial charge in [-0.15, -0.1) is 0 Å². The first-order valence-electron chi connectivity index (χ1n) is 8.36. The summed E-state index contributed by atoms with van der Waals surface area (Å²) in [7, 11) is 0. The highest BCUT2D eigenvalue weighted by molar-refractivity contribution is 5.98. The zero-order chi connectivity index (χ0) is 18.7. The molecule has 0 fully saturated rings. The maximum absolute atomic E-state index is 12.2. The maximum Gasteiger partial charge on any atom is 0.286 e. The Balaban J connectivity index is 1.59. The molecule has 1 heterocycles. The third kappa shape index (κ3) is 3.69. The largest absolute Gasteiger partial charge is 0.481 e. The fourth-order valence-electron chi connectivity index (χ4n) is 2.58. The number of hydrogen-bond acceptors (Lipinski definition) is 3. The van der Waals surface area contributed by atoms with Gasteiger partial charge in [-0.3, -0.25) is 20.4 Å². The van der Waals surface area contributed by atoms with E-state index in [1.54, 1.807) is 13.0 Å². The number of carbonyl (C=O) groups excluding carboxylic acids is 2. The molecule has 1 unspecified atom stereocenters. The highest BCUT2D eigenvalue weighted by Gasteiger charge is 2.17. The number of carbonyl (C=O) groups is 2. The van der Waals surface area contributed by atoms with E-state index >= 15 is 0 Å². The Bertz CT molecular complexity index is 929. The Kier molecular flexibility index (Phi) is 4.93. The lowest BCUT2D eigenvalue weighted by molar-refractivity contribution is -0.128. The monoisotopic (exact) mass is 351 g/mol. The van der Waals surface area contributed by atoms with Gasteiger partial charge in [0.05, 0.1) is 0 Å². The summed E-state index contributed by atoms with van der Waals surface area (Å²) in [5.74, 6) is -0.210. The second-order valence-electron chi connectivity index (χ2n) is 6.17. The van der Waals surface area contributed by atoms with Gasteiger partial charge in [-0.25, -0.2) is 0 Å². The SMILES string of the molecule is Cc1cccc(OC(C)C(=O)NNC(=O)c2cc3ccccc3[nH]2)c1C. The van der Waals surface area contributed by atoms with Crippen LogP contribution in [0.15, 0.2) is 48.5 Å². The number of hydrogen-bond donors (Lipinski definition) is 3. The fraction of sp³-hybridized carbons (Fsp3) is 0.200. The molecule has 3 aromatic rings. The van der Waals surface area contributed by atoms with Gasteiger partial charge in [0.1, 0.15) is 11.4 Å². The first kappa shape index (κ1) is 17.5. The van der Waals surface area contributed by atoms with Crippen LogP contribution in [0.5, 0.6) is 5.75 Å². The second kappa shape index (κ2) is 7.31. The predicted molar refractivity (Wildman–Crippen MR) is 99.9 cm³/mol. The summed E-state index contributed by atoms with van der Waals surface area (Å²) in [6, 6.07) is 15.0. The summed E-state index contributed by atoms with van der Waals surface area (Å²) in [6.07, 6.45) is -0.751. The van der Waals surface area contributed by atoms with E-state index in [1.165, 1.54) is 0 Å². The molecule has 26 heavy (non-hydrogen) atoms. The minimum atomic E-state index is -0.751. The van der Waals surface area contributed by atoms with E-state index in [-0.39, 0.29) is 0 Å². The smallest absolute Gasteiger partial charge is 0.286 e. The molecule has 0 bridgehead atoms. The van der Waals surface area contributed by atoms with Crippen LogP contribution in [-0.2, 0) is 4.79 Å². The molecule has 2 amide bonds. The number of aromatic amines is 1. The summed E-state index contributed by atoms with van der Waals surface area (Å²) in [5.41, 5.74) is 8.09. The van der Waals surface area contributed by atoms with Crippen LogP contribution in [-0.4, -0.2) is 22.9 Å². The summed E-state index contributed by atoms with van der Waals surface area (Å²) < 4.78 is 5.70. The van der Waals surface area contributed by atoms with Crippen LogP contribution >= 0.6 is 0 Å². The van der Waals surface area contributed by atoms with Gasteiger partial charge in [0.2, 0.25) is 0 Å². The molecule has 134 valence electrons. The summed E-state index contributed by atoms with van der Waals surface area (Å²) in [6.45, 7) is 5.55. The Morgan fingerprint density at radius 2 is 1.81 bits per heavy atom. The molecule has 1 aromatic heterocycles. The first-order valence-corrected chi connectivity index (χ1v) is 8.36. The van der Waals surface area contributed by atoms with Crippen LogP contribution in [0.1, 0.15) is 28.5 Å². The lowest BCUT2D eigenvalue weighted by Gasteiger charge is -2.17. The highest BCUT2D eigenvalue weighted by Crippen LogP contribution is 2.21. The Morgan fingerprint density at radius 1 is 1.04 bits per heavy atom. The number of benzene rings is 2. The van der Waals surface area contributed by atoms with Crippen LogP contribution in [0.4, 0.5) is 0 Å². The van der Waals surface area contributed by atoms with E-state index in [0.717, 1.165) is 22.0 Å². The third-order valence-electron chi connectivity index (χ3n) is 4.30. The lowest BCUT2D eigenvalue weighted by atomic mass is 10.1. The van der Waals surface area contributed by atoms with Gasteiger partial charge in [0.25, 0.3) is 11.8 Å². The third-order valence-corrected chi connectivity index (χ3v) is 4.30. The maximum atomic E-state index is 12.2. The second-order valence-corrected chi connectivity index (χ2v) is 6.17. The molecule has 3 rings (SSSR count). The van der Waals surface area contributed by atoms with Crippen molar-refractivity contribution in [2.24, 2.45) is 0 Å². The van der Waals surface area contributed by atoms with Gasteiger partial charge >= 0.3 is 0 Å². The molecule has 0 aliphatic carbocycles. The van der Waals surface area contributed by atoms with Gasteiger partial charge in [-0.05, 0) is 50.1 Å². The number of ether oxygens (including phenoxy) is 1. The first-order chi connectivity index (χ1) is 12.5. The average molecular weight is 351 g/mol.